The molecule has 0 aliphatic rings. The minimum atomic E-state index is -0.319. The second kappa shape index (κ2) is 10.3. The largest absolute Gasteiger partial charge is 0.356 e. The van der Waals surface area contributed by atoms with Crippen LogP contribution in [0.2, 0.25) is 12.1 Å². The molecule has 0 amide bonds. The van der Waals surface area contributed by atoms with E-state index in [9.17, 15) is 0 Å². The number of methoxy groups -OCH3 is 4. The molecule has 0 spiro atoms. The second-order valence-electron chi connectivity index (χ2n) is 4.70. The van der Waals surface area contributed by atoms with Gasteiger partial charge in [-0.05, 0) is 12.1 Å². The van der Waals surface area contributed by atoms with Gasteiger partial charge in [-0.2, -0.15) is 0 Å². The van der Waals surface area contributed by atoms with Gasteiger partial charge in [0.25, 0.3) is 0 Å². The number of hydrogen-bond donors (Lipinski definition) is 0. The van der Waals surface area contributed by atoms with Gasteiger partial charge in [-0.15, -0.1) is 0 Å². The van der Waals surface area contributed by atoms with Crippen LogP contribution >= 0.6 is 0 Å². The minimum absolute atomic E-state index is 0.0557. The lowest BCUT2D eigenvalue weighted by Gasteiger charge is -2.13. The molecule has 0 saturated heterocycles. The first kappa shape index (κ1) is 17.5. The fraction of sp³-hybridized carbons (Fsp3) is 0.571. The molecule has 0 heterocycles. The zero-order valence-corrected chi connectivity index (χ0v) is 15.8. The first-order valence-corrected chi connectivity index (χ1v) is 10.3. The van der Waals surface area contributed by atoms with Crippen LogP contribution < -0.4 is 10.4 Å². The Labute approximate surface area is 126 Å². The monoisotopic (exact) mass is 314 g/mol. The van der Waals surface area contributed by atoms with E-state index < -0.39 is 0 Å². The summed E-state index contributed by atoms with van der Waals surface area (Å²) in [6.07, 6.45) is -0.111. The maximum absolute atomic E-state index is 5.23. The van der Waals surface area contributed by atoms with E-state index in [4.69, 9.17) is 18.9 Å². The van der Waals surface area contributed by atoms with Crippen LogP contribution in [-0.2, 0) is 18.9 Å². The van der Waals surface area contributed by atoms with Crippen molar-refractivity contribution in [3.05, 3.63) is 24.3 Å². The summed E-state index contributed by atoms with van der Waals surface area (Å²) in [5, 5.41) is 2.91. The van der Waals surface area contributed by atoms with Gasteiger partial charge in [0, 0.05) is 28.4 Å². The number of ether oxygens (including phenoxy) is 4. The lowest BCUT2D eigenvalue weighted by atomic mass is 10.4. The molecule has 6 heteroatoms. The molecule has 1 aromatic carbocycles. The van der Waals surface area contributed by atoms with E-state index in [-0.39, 0.29) is 31.6 Å². The fourth-order valence-corrected chi connectivity index (χ4v) is 5.32. The first-order chi connectivity index (χ1) is 9.73. The normalized spacial score (nSPS) is 12.7. The van der Waals surface area contributed by atoms with Crippen LogP contribution in [0.25, 0.3) is 0 Å². The summed E-state index contributed by atoms with van der Waals surface area (Å²) in [6.45, 7) is 0. The molecule has 1 aromatic rings. The molecular weight excluding hydrogens is 288 g/mol. The zero-order valence-electron chi connectivity index (χ0n) is 12.9. The van der Waals surface area contributed by atoms with Gasteiger partial charge in [0.1, 0.15) is 0 Å². The quantitative estimate of drug-likeness (QED) is 0.425. The Balaban J connectivity index is 2.40. The predicted molar refractivity (Wildman–Crippen MR) is 88.0 cm³/mol. The summed E-state index contributed by atoms with van der Waals surface area (Å²) in [4.78, 5) is 0. The summed E-state index contributed by atoms with van der Waals surface area (Å²) in [7, 11) is 6.14. The molecule has 0 aliphatic heterocycles. The summed E-state index contributed by atoms with van der Waals surface area (Å²) < 4.78 is 20.9. The molecule has 0 saturated carbocycles. The van der Waals surface area contributed by atoms with Crippen molar-refractivity contribution in [1.29, 1.82) is 0 Å². The van der Waals surface area contributed by atoms with Crippen LogP contribution in [0, 0.1) is 0 Å². The van der Waals surface area contributed by atoms with Crippen molar-refractivity contribution in [3.8, 4) is 0 Å². The van der Waals surface area contributed by atoms with E-state index >= 15 is 0 Å². The third kappa shape index (κ3) is 6.30. The van der Waals surface area contributed by atoms with E-state index in [1.807, 2.05) is 0 Å². The van der Waals surface area contributed by atoms with E-state index in [0.717, 1.165) is 12.1 Å². The highest BCUT2D eigenvalue weighted by Gasteiger charge is 2.07. The van der Waals surface area contributed by atoms with Crippen molar-refractivity contribution in [1.82, 2.24) is 0 Å². The highest BCUT2D eigenvalue weighted by molar-refractivity contribution is 6.55. The van der Waals surface area contributed by atoms with Gasteiger partial charge < -0.3 is 18.9 Å². The number of hydrogen-bond acceptors (Lipinski definition) is 4. The van der Waals surface area contributed by atoms with Crippen LogP contribution in [0.1, 0.15) is 0 Å². The molecule has 0 bridgehead atoms. The topological polar surface area (TPSA) is 36.9 Å². The van der Waals surface area contributed by atoms with E-state index in [0.29, 0.717) is 0 Å². The average Bonchev–Trinajstić information content (AvgIpc) is 2.50. The fourth-order valence-electron chi connectivity index (χ4n) is 2.11. The predicted octanol–water partition coefficient (Wildman–Crippen LogP) is -0.651. The maximum atomic E-state index is 5.23. The Morgan fingerprint density at radius 2 is 1.00 bits per heavy atom. The number of rotatable bonds is 10. The molecule has 0 fully saturated rings. The van der Waals surface area contributed by atoms with E-state index in [1.54, 1.807) is 28.4 Å². The highest BCUT2D eigenvalue weighted by atomic mass is 28.2. The zero-order chi connectivity index (χ0) is 14.8. The number of benzene rings is 1. The summed E-state index contributed by atoms with van der Waals surface area (Å²) in [5.41, 5.74) is 0. The molecule has 0 radical (unpaired) electrons. The second-order valence-corrected chi connectivity index (χ2v) is 8.48. The molecule has 20 heavy (non-hydrogen) atoms. The first-order valence-electron chi connectivity index (χ1n) is 6.92. The Hall–Kier alpha value is -0.506. The average molecular weight is 315 g/mol. The van der Waals surface area contributed by atoms with Crippen LogP contribution in [-0.4, -0.2) is 60.1 Å². The SMILES string of the molecule is COC(C[SiH2]c1ccc([SiH2]CC(OC)OC)cc1)OC. The molecule has 4 nitrogen and oxygen atoms in total. The van der Waals surface area contributed by atoms with E-state index in [1.165, 1.54) is 10.4 Å². The Bertz CT molecular complexity index is 316. The summed E-state index contributed by atoms with van der Waals surface area (Å²) in [6, 6.07) is 11.0. The van der Waals surface area contributed by atoms with Crippen molar-refractivity contribution in [2.24, 2.45) is 0 Å². The van der Waals surface area contributed by atoms with Gasteiger partial charge in [-0.3, -0.25) is 0 Å². The van der Waals surface area contributed by atoms with Crippen molar-refractivity contribution in [3.63, 3.8) is 0 Å². The van der Waals surface area contributed by atoms with Gasteiger partial charge in [0.2, 0.25) is 0 Å². The van der Waals surface area contributed by atoms with Gasteiger partial charge in [0.15, 0.2) is 12.6 Å². The van der Waals surface area contributed by atoms with Crippen LogP contribution in [0.15, 0.2) is 24.3 Å². The third-order valence-corrected chi connectivity index (χ3v) is 7.03. The summed E-state index contributed by atoms with van der Waals surface area (Å²) >= 11 is 0. The molecular formula is C14H26O4Si2. The molecule has 0 N–H and O–H groups in total. The van der Waals surface area contributed by atoms with Crippen molar-refractivity contribution in [2.45, 2.75) is 24.7 Å². The smallest absolute Gasteiger partial charge is 0.154 e. The van der Waals surface area contributed by atoms with Crippen LogP contribution in [0.4, 0.5) is 0 Å². The van der Waals surface area contributed by atoms with Gasteiger partial charge in [-0.1, -0.05) is 34.6 Å². The van der Waals surface area contributed by atoms with Crippen molar-refractivity contribution < 1.29 is 18.9 Å². The molecule has 1 rings (SSSR count). The maximum Gasteiger partial charge on any atom is 0.154 e. The Kier molecular flexibility index (Phi) is 9.00. The lowest BCUT2D eigenvalue weighted by Crippen LogP contribution is -2.26. The lowest BCUT2D eigenvalue weighted by molar-refractivity contribution is -0.0876. The third-order valence-electron chi connectivity index (χ3n) is 3.41. The van der Waals surface area contributed by atoms with Crippen molar-refractivity contribution in [2.75, 3.05) is 28.4 Å². The molecule has 0 aromatic heterocycles. The molecule has 0 aliphatic carbocycles. The van der Waals surface area contributed by atoms with E-state index in [2.05, 4.69) is 24.3 Å². The molecule has 0 atom stereocenters. The van der Waals surface area contributed by atoms with Gasteiger partial charge in [0.05, 0.1) is 19.0 Å². The van der Waals surface area contributed by atoms with Gasteiger partial charge >= 0.3 is 0 Å². The van der Waals surface area contributed by atoms with Gasteiger partial charge in [-0.25, -0.2) is 0 Å². The van der Waals surface area contributed by atoms with Crippen molar-refractivity contribution >= 4 is 29.4 Å². The van der Waals surface area contributed by atoms with Crippen LogP contribution in [0.5, 0.6) is 0 Å². The minimum Gasteiger partial charge on any atom is -0.356 e. The Morgan fingerprint density at radius 3 is 1.25 bits per heavy atom. The highest BCUT2D eigenvalue weighted by Crippen LogP contribution is 1.99. The molecule has 114 valence electrons. The summed E-state index contributed by atoms with van der Waals surface area (Å²) in [5.74, 6) is 0. The standard InChI is InChI=1S/C14H26O4Si2/c1-15-13(16-2)9-19-11-5-7-12(8-6-11)20-10-14(17-3)18-4/h5-8,13-14H,9-10,19-20H2,1-4H3. The molecule has 0 unspecified atom stereocenters. The van der Waals surface area contributed by atoms with Crippen LogP contribution in [0.3, 0.4) is 0 Å². The Morgan fingerprint density at radius 1 is 0.700 bits per heavy atom.